The summed E-state index contributed by atoms with van der Waals surface area (Å²) in [6.07, 6.45) is 8.59. The molecule has 0 unspecified atom stereocenters. The molecule has 3 rings (SSSR count). The highest BCUT2D eigenvalue weighted by Gasteiger charge is 2.16. The van der Waals surface area contributed by atoms with E-state index in [0.717, 1.165) is 24.2 Å². The maximum absolute atomic E-state index is 11.9. The van der Waals surface area contributed by atoms with Crippen molar-refractivity contribution in [2.75, 3.05) is 5.32 Å². The minimum absolute atomic E-state index is 0.110. The summed E-state index contributed by atoms with van der Waals surface area (Å²) in [6.45, 7) is 0. The third kappa shape index (κ3) is 3.02. The molecule has 20 heavy (non-hydrogen) atoms. The Labute approximate surface area is 118 Å². The molecule has 1 aromatic heterocycles. The van der Waals surface area contributed by atoms with Gasteiger partial charge < -0.3 is 15.2 Å². The molecule has 104 valence electrons. The monoisotopic (exact) mass is 269 g/mol. The number of rotatable bonds is 3. The zero-order chi connectivity index (χ0) is 13.8. The molecule has 4 nitrogen and oxygen atoms in total. The van der Waals surface area contributed by atoms with Gasteiger partial charge in [-0.3, -0.25) is 0 Å². The van der Waals surface area contributed by atoms with Crippen LogP contribution in [0.5, 0.6) is 0 Å². The predicted molar refractivity (Wildman–Crippen MR) is 80.2 cm³/mol. The first-order valence-electron chi connectivity index (χ1n) is 7.12. The smallest absolute Gasteiger partial charge is 0.319 e. The highest BCUT2D eigenvalue weighted by molar-refractivity contribution is 5.89. The van der Waals surface area contributed by atoms with Gasteiger partial charge in [0.2, 0.25) is 0 Å². The van der Waals surface area contributed by atoms with Gasteiger partial charge in [-0.1, -0.05) is 18.9 Å². The maximum atomic E-state index is 11.9. The second-order valence-electron chi connectivity index (χ2n) is 5.22. The Kier molecular flexibility index (Phi) is 3.72. The summed E-state index contributed by atoms with van der Waals surface area (Å²) >= 11 is 0. The molecule has 1 fully saturated rings. The number of nitrogens with zero attached hydrogens (tertiary/aromatic N) is 1. The molecule has 0 radical (unpaired) electrons. The van der Waals surface area contributed by atoms with Gasteiger partial charge in [-0.15, -0.1) is 0 Å². The van der Waals surface area contributed by atoms with E-state index in [1.165, 1.54) is 12.8 Å². The molecule has 0 bridgehead atoms. The minimum atomic E-state index is -0.110. The first kappa shape index (κ1) is 12.8. The molecular weight excluding hydrogens is 250 g/mol. The second-order valence-corrected chi connectivity index (χ2v) is 5.22. The van der Waals surface area contributed by atoms with Crippen LogP contribution in [0.1, 0.15) is 25.7 Å². The standard InChI is InChI=1S/C16H19N3O/c20-16(17-13-6-1-2-7-13)18-14-8-5-9-15(12-14)19-10-3-4-11-19/h3-5,8-13H,1-2,6-7H2,(H2,17,18,20). The Hall–Kier alpha value is -2.23. The SMILES string of the molecule is O=C(Nc1cccc(-n2cccc2)c1)NC1CCCC1. The van der Waals surface area contributed by atoms with Crippen LogP contribution in [-0.4, -0.2) is 16.6 Å². The van der Waals surface area contributed by atoms with Gasteiger partial charge in [0.25, 0.3) is 0 Å². The molecule has 0 spiro atoms. The molecule has 1 aromatic carbocycles. The quantitative estimate of drug-likeness (QED) is 0.879. The predicted octanol–water partition coefficient (Wildman–Crippen LogP) is 3.54. The summed E-state index contributed by atoms with van der Waals surface area (Å²) in [5.74, 6) is 0. The molecule has 2 N–H and O–H groups in total. The van der Waals surface area contributed by atoms with E-state index in [1.807, 2.05) is 53.4 Å². The Bertz CT molecular complexity index is 571. The average molecular weight is 269 g/mol. The normalized spacial score (nSPS) is 15.2. The summed E-state index contributed by atoms with van der Waals surface area (Å²) in [7, 11) is 0. The number of amides is 2. The highest BCUT2D eigenvalue weighted by Crippen LogP contribution is 2.18. The third-order valence-electron chi connectivity index (χ3n) is 3.70. The maximum Gasteiger partial charge on any atom is 0.319 e. The van der Waals surface area contributed by atoms with Crippen molar-refractivity contribution in [3.8, 4) is 5.69 Å². The van der Waals surface area contributed by atoms with Crippen LogP contribution in [0.25, 0.3) is 5.69 Å². The number of carbonyl (C=O) groups excluding carboxylic acids is 1. The Morgan fingerprint density at radius 1 is 1.10 bits per heavy atom. The van der Waals surface area contributed by atoms with E-state index in [4.69, 9.17) is 0 Å². The molecule has 0 atom stereocenters. The Balaban J connectivity index is 1.65. The fraction of sp³-hybridized carbons (Fsp3) is 0.312. The molecule has 0 saturated heterocycles. The van der Waals surface area contributed by atoms with Gasteiger partial charge in [0.1, 0.15) is 0 Å². The number of aromatic nitrogens is 1. The molecule has 1 aliphatic rings. The molecule has 1 saturated carbocycles. The zero-order valence-corrected chi connectivity index (χ0v) is 11.4. The fourth-order valence-corrected chi connectivity index (χ4v) is 2.67. The average Bonchev–Trinajstić information content (AvgIpc) is 3.11. The fourth-order valence-electron chi connectivity index (χ4n) is 2.67. The van der Waals surface area contributed by atoms with Gasteiger partial charge in [-0.2, -0.15) is 0 Å². The third-order valence-corrected chi connectivity index (χ3v) is 3.70. The van der Waals surface area contributed by atoms with Crippen molar-refractivity contribution in [3.63, 3.8) is 0 Å². The number of hydrogen-bond donors (Lipinski definition) is 2. The summed E-state index contributed by atoms with van der Waals surface area (Å²) in [6, 6.07) is 12.0. The number of hydrogen-bond acceptors (Lipinski definition) is 1. The van der Waals surface area contributed by atoms with Crippen LogP contribution in [0, 0.1) is 0 Å². The van der Waals surface area contributed by atoms with Crippen LogP contribution in [-0.2, 0) is 0 Å². The Morgan fingerprint density at radius 2 is 1.85 bits per heavy atom. The van der Waals surface area contributed by atoms with Gasteiger partial charge in [-0.05, 0) is 43.2 Å². The Morgan fingerprint density at radius 3 is 2.60 bits per heavy atom. The topological polar surface area (TPSA) is 46.1 Å². The van der Waals surface area contributed by atoms with Crippen molar-refractivity contribution in [2.24, 2.45) is 0 Å². The number of carbonyl (C=O) groups is 1. The van der Waals surface area contributed by atoms with Crippen molar-refractivity contribution in [2.45, 2.75) is 31.7 Å². The lowest BCUT2D eigenvalue weighted by atomic mass is 10.2. The van der Waals surface area contributed by atoms with Gasteiger partial charge in [-0.25, -0.2) is 4.79 Å². The largest absolute Gasteiger partial charge is 0.335 e. The molecule has 2 aromatic rings. The van der Waals surface area contributed by atoms with Crippen molar-refractivity contribution < 1.29 is 4.79 Å². The molecule has 0 aliphatic heterocycles. The van der Waals surface area contributed by atoms with E-state index >= 15 is 0 Å². The van der Waals surface area contributed by atoms with E-state index in [1.54, 1.807) is 0 Å². The number of anilines is 1. The van der Waals surface area contributed by atoms with E-state index in [9.17, 15) is 4.79 Å². The van der Waals surface area contributed by atoms with Crippen molar-refractivity contribution in [3.05, 3.63) is 48.8 Å². The molecule has 2 amide bonds. The lowest BCUT2D eigenvalue weighted by molar-refractivity contribution is 0.248. The molecule has 1 heterocycles. The van der Waals surface area contributed by atoms with Crippen LogP contribution in [0.15, 0.2) is 48.8 Å². The zero-order valence-electron chi connectivity index (χ0n) is 11.4. The van der Waals surface area contributed by atoms with Crippen molar-refractivity contribution in [1.29, 1.82) is 0 Å². The first-order chi connectivity index (χ1) is 9.81. The summed E-state index contributed by atoms with van der Waals surface area (Å²) in [5, 5.41) is 5.93. The van der Waals surface area contributed by atoms with Crippen molar-refractivity contribution in [1.82, 2.24) is 9.88 Å². The lowest BCUT2D eigenvalue weighted by Gasteiger charge is -2.13. The van der Waals surface area contributed by atoms with Crippen LogP contribution >= 0.6 is 0 Å². The number of nitrogens with one attached hydrogen (secondary N) is 2. The van der Waals surface area contributed by atoms with Crippen LogP contribution in [0.2, 0.25) is 0 Å². The summed E-state index contributed by atoms with van der Waals surface area (Å²) < 4.78 is 2.01. The van der Waals surface area contributed by atoms with Gasteiger partial charge in [0.15, 0.2) is 0 Å². The van der Waals surface area contributed by atoms with Gasteiger partial charge in [0, 0.05) is 29.8 Å². The minimum Gasteiger partial charge on any atom is -0.335 e. The summed E-state index contributed by atoms with van der Waals surface area (Å²) in [4.78, 5) is 11.9. The molecule has 1 aliphatic carbocycles. The second kappa shape index (κ2) is 5.82. The molecular formula is C16H19N3O. The van der Waals surface area contributed by atoms with Crippen molar-refractivity contribution >= 4 is 11.7 Å². The van der Waals surface area contributed by atoms with Crippen LogP contribution in [0.3, 0.4) is 0 Å². The lowest BCUT2D eigenvalue weighted by Crippen LogP contribution is -2.36. The molecule has 4 heteroatoms. The van der Waals surface area contributed by atoms with Gasteiger partial charge >= 0.3 is 6.03 Å². The van der Waals surface area contributed by atoms with E-state index in [-0.39, 0.29) is 6.03 Å². The number of urea groups is 1. The number of benzene rings is 1. The first-order valence-corrected chi connectivity index (χ1v) is 7.12. The van der Waals surface area contributed by atoms with E-state index < -0.39 is 0 Å². The van der Waals surface area contributed by atoms with Crippen LogP contribution < -0.4 is 10.6 Å². The highest BCUT2D eigenvalue weighted by atomic mass is 16.2. The van der Waals surface area contributed by atoms with E-state index in [2.05, 4.69) is 10.6 Å². The summed E-state index contributed by atoms with van der Waals surface area (Å²) in [5.41, 5.74) is 1.85. The van der Waals surface area contributed by atoms with Crippen LogP contribution in [0.4, 0.5) is 10.5 Å². The van der Waals surface area contributed by atoms with E-state index in [0.29, 0.717) is 6.04 Å². The van der Waals surface area contributed by atoms with Gasteiger partial charge in [0.05, 0.1) is 0 Å².